The Morgan fingerprint density at radius 3 is 2.59 bits per heavy atom. The van der Waals surface area contributed by atoms with Gasteiger partial charge >= 0.3 is 0 Å². The number of rotatable bonds is 3. The average molecular weight is 350 g/mol. The van der Waals surface area contributed by atoms with Crippen molar-refractivity contribution in [3.05, 3.63) is 110 Å². The Balaban J connectivity index is 1.84. The Labute approximate surface area is 158 Å². The third-order valence-electron chi connectivity index (χ3n) is 5.88. The molecule has 1 heteroatoms. The van der Waals surface area contributed by atoms with Crippen LogP contribution in [0.2, 0.25) is 0 Å². The summed E-state index contributed by atoms with van der Waals surface area (Å²) in [4.78, 5) is 0. The molecule has 1 unspecified atom stereocenters. The fraction of sp³-hybridized carbons (Fsp3) is 0.154. The van der Waals surface area contributed by atoms with Gasteiger partial charge in [-0.3, -0.25) is 0 Å². The molecule has 1 atom stereocenters. The third kappa shape index (κ3) is 2.43. The normalized spacial score (nSPS) is 17.2. The molecule has 5 rings (SSSR count). The molecule has 0 amide bonds. The van der Waals surface area contributed by atoms with Gasteiger partial charge in [0.15, 0.2) is 0 Å². The highest BCUT2D eigenvalue weighted by molar-refractivity contribution is 5.78. The quantitative estimate of drug-likeness (QED) is 0.595. The van der Waals surface area contributed by atoms with E-state index >= 15 is 0 Å². The second-order valence-electron chi connectivity index (χ2n) is 7.28. The van der Waals surface area contributed by atoms with Crippen LogP contribution in [0.5, 0.6) is 0 Å². The van der Waals surface area contributed by atoms with Crippen LogP contribution in [-0.4, -0.2) is 11.7 Å². The zero-order valence-electron chi connectivity index (χ0n) is 15.4. The predicted molar refractivity (Wildman–Crippen MR) is 111 cm³/mol. The van der Waals surface area contributed by atoms with E-state index in [0.29, 0.717) is 6.42 Å². The number of aliphatic hydroxyl groups is 1. The maximum atomic E-state index is 9.53. The smallest absolute Gasteiger partial charge is 0.0471 e. The highest BCUT2D eigenvalue weighted by Gasteiger charge is 2.26. The van der Waals surface area contributed by atoms with E-state index in [1.807, 2.05) is 0 Å². The number of allylic oxidation sites excluding steroid dienone is 1. The first-order valence-corrected chi connectivity index (χ1v) is 9.63. The van der Waals surface area contributed by atoms with Gasteiger partial charge in [0.1, 0.15) is 0 Å². The van der Waals surface area contributed by atoms with E-state index in [-0.39, 0.29) is 12.5 Å². The van der Waals surface area contributed by atoms with E-state index in [1.165, 1.54) is 48.7 Å². The molecule has 1 nitrogen and oxygen atoms in total. The van der Waals surface area contributed by atoms with E-state index in [4.69, 9.17) is 0 Å². The van der Waals surface area contributed by atoms with Gasteiger partial charge in [-0.05, 0) is 68.1 Å². The maximum Gasteiger partial charge on any atom is 0.0471 e. The zero-order chi connectivity index (χ0) is 18.4. The second-order valence-corrected chi connectivity index (χ2v) is 7.28. The van der Waals surface area contributed by atoms with Crippen LogP contribution in [-0.2, 0) is 0 Å². The Bertz CT molecular complexity index is 1290. The summed E-state index contributed by atoms with van der Waals surface area (Å²) < 4.78 is 0. The van der Waals surface area contributed by atoms with Gasteiger partial charge < -0.3 is 5.11 Å². The molecular weight excluding hydrogens is 328 g/mol. The van der Waals surface area contributed by atoms with Gasteiger partial charge in [0.05, 0.1) is 0 Å². The lowest BCUT2D eigenvalue weighted by Crippen LogP contribution is -2.15. The lowest BCUT2D eigenvalue weighted by Gasteiger charge is -2.16. The van der Waals surface area contributed by atoms with Crippen molar-refractivity contribution >= 4 is 17.7 Å². The average Bonchev–Trinajstić information content (AvgIpc) is 3.26. The van der Waals surface area contributed by atoms with Gasteiger partial charge in [-0.2, -0.15) is 0 Å². The Morgan fingerprint density at radius 1 is 0.926 bits per heavy atom. The van der Waals surface area contributed by atoms with Crippen LogP contribution in [0.1, 0.15) is 41.5 Å². The van der Waals surface area contributed by atoms with Crippen LogP contribution < -0.4 is 10.4 Å². The summed E-state index contributed by atoms with van der Waals surface area (Å²) >= 11 is 0. The summed E-state index contributed by atoms with van der Waals surface area (Å²) in [6.07, 6.45) is 7.62. The van der Waals surface area contributed by atoms with E-state index in [1.54, 1.807) is 0 Å². The van der Waals surface area contributed by atoms with Crippen molar-refractivity contribution in [3.8, 4) is 0 Å². The predicted octanol–water partition coefficient (Wildman–Crippen LogP) is 3.83. The van der Waals surface area contributed by atoms with Gasteiger partial charge in [0.2, 0.25) is 0 Å². The summed E-state index contributed by atoms with van der Waals surface area (Å²) in [5.74, 6) is 0.231. The Kier molecular flexibility index (Phi) is 3.84. The molecule has 1 N–H and O–H groups in total. The van der Waals surface area contributed by atoms with E-state index in [0.717, 1.165) is 0 Å². The minimum Gasteiger partial charge on any atom is -0.396 e. The first-order chi connectivity index (χ1) is 13.3. The van der Waals surface area contributed by atoms with Gasteiger partial charge in [-0.15, -0.1) is 0 Å². The first-order valence-electron chi connectivity index (χ1n) is 9.63. The second kappa shape index (κ2) is 6.37. The summed E-state index contributed by atoms with van der Waals surface area (Å²) in [5.41, 5.74) is 6.61. The molecular formula is C26H22O. The van der Waals surface area contributed by atoms with Crippen molar-refractivity contribution < 1.29 is 5.11 Å². The third-order valence-corrected chi connectivity index (χ3v) is 5.88. The van der Waals surface area contributed by atoms with Crippen molar-refractivity contribution in [3.63, 3.8) is 0 Å². The molecule has 0 bridgehead atoms. The fourth-order valence-electron chi connectivity index (χ4n) is 4.68. The highest BCUT2D eigenvalue weighted by Crippen LogP contribution is 2.41. The molecule has 3 aromatic rings. The van der Waals surface area contributed by atoms with Crippen LogP contribution in [0.4, 0.5) is 0 Å². The lowest BCUT2D eigenvalue weighted by molar-refractivity contribution is 0.305. The minimum absolute atomic E-state index is 0.185. The molecule has 0 spiro atoms. The maximum absolute atomic E-state index is 9.53. The summed E-state index contributed by atoms with van der Waals surface area (Å²) in [6.45, 7) is 2.30. The number of benzene rings is 3. The minimum atomic E-state index is 0.185. The number of hydrogen-bond acceptors (Lipinski definition) is 1. The Hall–Kier alpha value is -2.90. The number of aliphatic hydroxyl groups excluding tert-OH is 1. The topological polar surface area (TPSA) is 20.2 Å². The SMILES string of the molecule is CC=c1ccc2c(c1C1C=C(CCO)c3ccccc31)C=c1ccccc1=2. The molecule has 0 aliphatic heterocycles. The summed E-state index contributed by atoms with van der Waals surface area (Å²) in [6, 6.07) is 21.8. The standard InChI is InChI=1S/C26H22O/c1-2-17-11-12-23-20-8-4-3-7-18(20)15-25(23)26(17)24-16-19(13-14-27)21-9-5-6-10-22(21)24/h2-12,15-16,24,27H,13-14H2,1H3. The van der Waals surface area contributed by atoms with Crippen molar-refractivity contribution in [2.75, 3.05) is 6.61 Å². The van der Waals surface area contributed by atoms with E-state index in [2.05, 4.69) is 85.8 Å². The van der Waals surface area contributed by atoms with Crippen LogP contribution in [0.25, 0.3) is 17.7 Å². The number of fused-ring (bicyclic) bond motifs is 3. The molecule has 0 radical (unpaired) electrons. The van der Waals surface area contributed by atoms with Crippen molar-refractivity contribution in [1.29, 1.82) is 0 Å². The molecule has 3 aromatic carbocycles. The van der Waals surface area contributed by atoms with E-state index in [9.17, 15) is 5.11 Å². The monoisotopic (exact) mass is 350 g/mol. The molecule has 0 saturated carbocycles. The van der Waals surface area contributed by atoms with Gasteiger partial charge in [-0.1, -0.05) is 72.8 Å². The first kappa shape index (κ1) is 16.3. The molecule has 2 aliphatic carbocycles. The van der Waals surface area contributed by atoms with Crippen LogP contribution in [0, 0.1) is 10.4 Å². The molecule has 132 valence electrons. The zero-order valence-corrected chi connectivity index (χ0v) is 15.4. The van der Waals surface area contributed by atoms with Crippen molar-refractivity contribution in [1.82, 2.24) is 0 Å². The largest absolute Gasteiger partial charge is 0.396 e. The van der Waals surface area contributed by atoms with Gasteiger partial charge in [0.25, 0.3) is 0 Å². The molecule has 0 heterocycles. The molecule has 0 fully saturated rings. The van der Waals surface area contributed by atoms with E-state index < -0.39 is 0 Å². The number of hydrogen-bond donors (Lipinski definition) is 1. The summed E-state index contributed by atoms with van der Waals surface area (Å²) in [5, 5.41) is 14.8. The van der Waals surface area contributed by atoms with Crippen LogP contribution in [0.15, 0.2) is 66.7 Å². The lowest BCUT2D eigenvalue weighted by atomic mass is 9.87. The van der Waals surface area contributed by atoms with Crippen molar-refractivity contribution in [2.24, 2.45) is 0 Å². The van der Waals surface area contributed by atoms with Crippen LogP contribution >= 0.6 is 0 Å². The highest BCUT2D eigenvalue weighted by atomic mass is 16.2. The Morgan fingerprint density at radius 2 is 1.74 bits per heavy atom. The summed E-state index contributed by atoms with van der Waals surface area (Å²) in [7, 11) is 0. The molecule has 27 heavy (non-hydrogen) atoms. The van der Waals surface area contributed by atoms with Gasteiger partial charge in [-0.25, -0.2) is 0 Å². The molecule has 2 aliphatic rings. The van der Waals surface area contributed by atoms with Crippen molar-refractivity contribution in [2.45, 2.75) is 19.3 Å². The fourth-order valence-corrected chi connectivity index (χ4v) is 4.68. The molecule has 0 saturated heterocycles. The van der Waals surface area contributed by atoms with Crippen LogP contribution in [0.3, 0.4) is 0 Å². The molecule has 0 aromatic heterocycles. The van der Waals surface area contributed by atoms with Gasteiger partial charge in [0, 0.05) is 12.5 Å².